The number of aryl methyl sites for hydroxylation is 3. The van der Waals surface area contributed by atoms with Gasteiger partial charge < -0.3 is 11.1 Å². The number of carbonyl (C=O) groups excluding carboxylic acids is 1. The van der Waals surface area contributed by atoms with E-state index in [9.17, 15) is 4.79 Å². The van der Waals surface area contributed by atoms with Gasteiger partial charge >= 0.3 is 0 Å². The van der Waals surface area contributed by atoms with Crippen LogP contribution in [0.4, 0.5) is 11.4 Å². The van der Waals surface area contributed by atoms with Crippen molar-refractivity contribution in [2.24, 2.45) is 7.05 Å². The van der Waals surface area contributed by atoms with Crippen LogP contribution >= 0.6 is 0 Å². The van der Waals surface area contributed by atoms with E-state index in [1.54, 1.807) is 23.0 Å². The average molecular weight is 333 g/mol. The summed E-state index contributed by atoms with van der Waals surface area (Å²) in [6, 6.07) is 9.33. The molecule has 25 heavy (non-hydrogen) atoms. The van der Waals surface area contributed by atoms with Crippen molar-refractivity contribution in [1.82, 2.24) is 14.8 Å². The van der Waals surface area contributed by atoms with E-state index in [1.165, 1.54) is 5.56 Å². The van der Waals surface area contributed by atoms with Gasteiger partial charge in [-0.1, -0.05) is 12.1 Å². The largest absolute Gasteiger partial charge is 0.397 e. The Kier molecular flexibility index (Phi) is 3.72. The summed E-state index contributed by atoms with van der Waals surface area (Å²) < 4.78 is 1.73. The van der Waals surface area contributed by atoms with Crippen LogP contribution in [0.25, 0.3) is 11.1 Å². The third kappa shape index (κ3) is 2.98. The van der Waals surface area contributed by atoms with Crippen LogP contribution in [-0.2, 0) is 19.9 Å². The number of nitrogen functional groups attached to an aromatic ring is 1. The SMILES string of the molecule is Cn1cc(-c2ccc(N)c(NC(=O)c3ccc4c(n3)CCC4)c2)cn1. The van der Waals surface area contributed by atoms with Gasteiger partial charge in [-0.05, 0) is 48.6 Å². The molecule has 1 aliphatic rings. The number of nitrogens with zero attached hydrogens (tertiary/aromatic N) is 3. The molecule has 0 saturated heterocycles. The number of pyridine rings is 1. The van der Waals surface area contributed by atoms with Gasteiger partial charge in [-0.3, -0.25) is 9.48 Å². The first kappa shape index (κ1) is 15.4. The van der Waals surface area contributed by atoms with Crippen molar-refractivity contribution < 1.29 is 4.79 Å². The second kappa shape index (κ2) is 6.05. The maximum Gasteiger partial charge on any atom is 0.274 e. The van der Waals surface area contributed by atoms with Crippen LogP contribution in [0.3, 0.4) is 0 Å². The van der Waals surface area contributed by atoms with Crippen molar-refractivity contribution in [2.45, 2.75) is 19.3 Å². The fourth-order valence-electron chi connectivity index (χ4n) is 3.15. The third-order valence-electron chi connectivity index (χ3n) is 4.50. The Hall–Kier alpha value is -3.15. The molecular weight excluding hydrogens is 314 g/mol. The molecule has 1 amide bonds. The van der Waals surface area contributed by atoms with E-state index >= 15 is 0 Å². The Morgan fingerprint density at radius 3 is 2.88 bits per heavy atom. The first-order valence-electron chi connectivity index (χ1n) is 8.29. The normalized spacial score (nSPS) is 12.8. The lowest BCUT2D eigenvalue weighted by molar-refractivity contribution is 0.102. The molecule has 126 valence electrons. The zero-order valence-electron chi connectivity index (χ0n) is 14.0. The number of anilines is 2. The van der Waals surface area contributed by atoms with E-state index in [4.69, 9.17) is 5.73 Å². The average Bonchev–Trinajstić information content (AvgIpc) is 3.24. The number of hydrogen-bond donors (Lipinski definition) is 2. The number of carbonyl (C=O) groups is 1. The van der Waals surface area contributed by atoms with Crippen molar-refractivity contribution in [1.29, 1.82) is 0 Å². The van der Waals surface area contributed by atoms with Crippen molar-refractivity contribution in [3.05, 3.63) is 59.7 Å². The minimum absolute atomic E-state index is 0.246. The molecule has 4 rings (SSSR count). The van der Waals surface area contributed by atoms with Gasteiger partial charge in [-0.2, -0.15) is 5.10 Å². The molecule has 1 aromatic carbocycles. The summed E-state index contributed by atoms with van der Waals surface area (Å²) in [5.74, 6) is -0.246. The summed E-state index contributed by atoms with van der Waals surface area (Å²) in [5.41, 5.74) is 11.7. The van der Waals surface area contributed by atoms with E-state index in [2.05, 4.69) is 15.4 Å². The molecule has 3 aromatic rings. The van der Waals surface area contributed by atoms with Gasteiger partial charge in [0, 0.05) is 24.5 Å². The molecule has 0 atom stereocenters. The van der Waals surface area contributed by atoms with Gasteiger partial charge in [0.15, 0.2) is 0 Å². The Bertz CT molecular complexity index is 960. The molecule has 3 N–H and O–H groups in total. The van der Waals surface area contributed by atoms with Crippen molar-refractivity contribution in [3.63, 3.8) is 0 Å². The Morgan fingerprint density at radius 2 is 2.08 bits per heavy atom. The highest BCUT2D eigenvalue weighted by atomic mass is 16.1. The Balaban J connectivity index is 1.60. The van der Waals surface area contributed by atoms with Gasteiger partial charge in [0.1, 0.15) is 5.69 Å². The Labute approximate surface area is 145 Å². The molecule has 0 bridgehead atoms. The highest BCUT2D eigenvalue weighted by Crippen LogP contribution is 2.27. The third-order valence-corrected chi connectivity index (χ3v) is 4.50. The van der Waals surface area contributed by atoms with E-state index in [0.717, 1.165) is 36.1 Å². The first-order valence-corrected chi connectivity index (χ1v) is 8.29. The van der Waals surface area contributed by atoms with Crippen LogP contribution < -0.4 is 11.1 Å². The van der Waals surface area contributed by atoms with Gasteiger partial charge in [0.2, 0.25) is 0 Å². The number of nitrogens with one attached hydrogen (secondary N) is 1. The van der Waals surface area contributed by atoms with E-state index in [1.807, 2.05) is 31.4 Å². The van der Waals surface area contributed by atoms with Gasteiger partial charge in [-0.15, -0.1) is 0 Å². The molecule has 0 spiro atoms. The van der Waals surface area contributed by atoms with Gasteiger partial charge in [0.25, 0.3) is 5.91 Å². The molecule has 0 saturated carbocycles. The number of benzene rings is 1. The van der Waals surface area contributed by atoms with E-state index < -0.39 is 0 Å². The zero-order chi connectivity index (χ0) is 17.4. The highest BCUT2D eigenvalue weighted by Gasteiger charge is 2.16. The molecule has 0 fully saturated rings. The summed E-state index contributed by atoms with van der Waals surface area (Å²) >= 11 is 0. The predicted molar refractivity (Wildman–Crippen MR) is 97.3 cm³/mol. The van der Waals surface area contributed by atoms with Crippen molar-refractivity contribution in [2.75, 3.05) is 11.1 Å². The monoisotopic (exact) mass is 333 g/mol. The fourth-order valence-corrected chi connectivity index (χ4v) is 3.15. The highest BCUT2D eigenvalue weighted by molar-refractivity contribution is 6.05. The van der Waals surface area contributed by atoms with Crippen LogP contribution in [0.5, 0.6) is 0 Å². The second-order valence-corrected chi connectivity index (χ2v) is 6.31. The molecule has 0 aliphatic heterocycles. The van der Waals surface area contributed by atoms with E-state index in [0.29, 0.717) is 17.1 Å². The molecular formula is C19H19N5O. The molecule has 6 heteroatoms. The topological polar surface area (TPSA) is 85.8 Å². The molecule has 1 aliphatic carbocycles. The molecule has 0 radical (unpaired) electrons. The van der Waals surface area contributed by atoms with Crippen LogP contribution in [-0.4, -0.2) is 20.7 Å². The minimum atomic E-state index is -0.246. The van der Waals surface area contributed by atoms with Crippen LogP contribution in [0.15, 0.2) is 42.7 Å². The summed E-state index contributed by atoms with van der Waals surface area (Å²) in [5, 5.41) is 7.06. The van der Waals surface area contributed by atoms with Crippen molar-refractivity contribution >= 4 is 17.3 Å². The predicted octanol–water partition coefficient (Wildman–Crippen LogP) is 2.81. The Morgan fingerprint density at radius 1 is 1.20 bits per heavy atom. The van der Waals surface area contributed by atoms with Gasteiger partial charge in [0.05, 0.1) is 17.6 Å². The van der Waals surface area contributed by atoms with Crippen molar-refractivity contribution in [3.8, 4) is 11.1 Å². The lowest BCUT2D eigenvalue weighted by Gasteiger charge is -2.10. The summed E-state index contributed by atoms with van der Waals surface area (Å²) in [7, 11) is 1.86. The minimum Gasteiger partial charge on any atom is -0.397 e. The number of nitrogens with two attached hydrogens (primary N) is 1. The standard InChI is InChI=1S/C19H19N5O/c1-24-11-14(10-21-24)13-5-7-15(20)18(9-13)23-19(25)17-8-6-12-3-2-4-16(12)22-17/h5-11H,2-4,20H2,1H3,(H,23,25). The fraction of sp³-hybridized carbons (Fsp3) is 0.211. The lowest BCUT2D eigenvalue weighted by atomic mass is 10.1. The molecule has 2 heterocycles. The smallest absolute Gasteiger partial charge is 0.274 e. The lowest BCUT2D eigenvalue weighted by Crippen LogP contribution is -2.15. The van der Waals surface area contributed by atoms with Crippen LogP contribution in [0, 0.1) is 0 Å². The molecule has 2 aromatic heterocycles. The zero-order valence-corrected chi connectivity index (χ0v) is 14.0. The van der Waals surface area contributed by atoms with E-state index in [-0.39, 0.29) is 5.91 Å². The summed E-state index contributed by atoms with van der Waals surface area (Å²) in [6.45, 7) is 0. The maximum atomic E-state index is 12.6. The van der Waals surface area contributed by atoms with Crippen LogP contribution in [0.2, 0.25) is 0 Å². The first-order chi connectivity index (χ1) is 12.1. The number of aromatic nitrogens is 3. The number of hydrogen-bond acceptors (Lipinski definition) is 4. The summed E-state index contributed by atoms with van der Waals surface area (Å²) in [4.78, 5) is 17.1. The van der Waals surface area contributed by atoms with Crippen LogP contribution in [0.1, 0.15) is 28.2 Å². The summed E-state index contributed by atoms with van der Waals surface area (Å²) in [6.07, 6.45) is 6.78. The second-order valence-electron chi connectivity index (χ2n) is 6.31. The number of rotatable bonds is 3. The maximum absolute atomic E-state index is 12.6. The molecule has 0 unspecified atom stereocenters. The molecule has 6 nitrogen and oxygen atoms in total. The van der Waals surface area contributed by atoms with Gasteiger partial charge in [-0.25, -0.2) is 4.98 Å². The number of fused-ring (bicyclic) bond motifs is 1. The number of amides is 1. The quantitative estimate of drug-likeness (QED) is 0.722.